The van der Waals surface area contributed by atoms with Gasteiger partial charge in [-0.1, -0.05) is 28.1 Å². The van der Waals surface area contributed by atoms with Crippen LogP contribution in [-0.4, -0.2) is 36.3 Å². The van der Waals surface area contributed by atoms with Crippen LogP contribution in [0, 0.1) is 5.92 Å². The monoisotopic (exact) mass is 341 g/mol. The highest BCUT2D eigenvalue weighted by atomic mass is 79.9. The van der Waals surface area contributed by atoms with Crippen molar-refractivity contribution in [3.63, 3.8) is 0 Å². The largest absolute Gasteiger partial charge is 0.465 e. The smallest absolute Gasteiger partial charge is 0.407 e. The number of carbonyl (C=O) groups is 1. The molecular formula is C15H20BrNO3. The first-order valence-corrected chi connectivity index (χ1v) is 7.55. The van der Waals surface area contributed by atoms with Crippen LogP contribution >= 0.6 is 15.9 Å². The Bertz CT molecular complexity index is 469. The molecule has 1 aliphatic rings. The summed E-state index contributed by atoms with van der Waals surface area (Å²) in [5.74, 6) is 0.323. The molecule has 5 heteroatoms. The van der Waals surface area contributed by atoms with E-state index in [2.05, 4.69) is 35.0 Å². The molecule has 1 saturated heterocycles. The lowest BCUT2D eigenvalue weighted by Crippen LogP contribution is -2.44. The van der Waals surface area contributed by atoms with Crippen LogP contribution in [-0.2, 0) is 10.3 Å². The third-order valence-electron chi connectivity index (χ3n) is 4.39. The number of amides is 1. The van der Waals surface area contributed by atoms with Gasteiger partial charge in [0.1, 0.15) is 0 Å². The van der Waals surface area contributed by atoms with Crippen LogP contribution in [0.2, 0.25) is 0 Å². The third kappa shape index (κ3) is 2.99. The lowest BCUT2D eigenvalue weighted by molar-refractivity contribution is -0.0667. The number of methoxy groups -OCH3 is 1. The predicted molar refractivity (Wildman–Crippen MR) is 80.8 cm³/mol. The number of carboxylic acid groups (broad SMARTS) is 1. The molecule has 1 aromatic rings. The summed E-state index contributed by atoms with van der Waals surface area (Å²) in [5.41, 5.74) is 0.766. The van der Waals surface area contributed by atoms with Gasteiger partial charge in [0.05, 0.1) is 5.60 Å². The molecule has 0 aliphatic carbocycles. The number of ether oxygens (including phenoxy) is 1. The molecule has 4 nitrogen and oxygen atoms in total. The van der Waals surface area contributed by atoms with Crippen molar-refractivity contribution in [3.05, 3.63) is 34.3 Å². The van der Waals surface area contributed by atoms with Crippen molar-refractivity contribution in [3.8, 4) is 0 Å². The first-order chi connectivity index (χ1) is 9.47. The topological polar surface area (TPSA) is 49.8 Å². The highest BCUT2D eigenvalue weighted by Crippen LogP contribution is 2.39. The third-order valence-corrected chi connectivity index (χ3v) is 4.91. The van der Waals surface area contributed by atoms with Crippen LogP contribution in [0.5, 0.6) is 0 Å². The molecule has 0 aromatic heterocycles. The van der Waals surface area contributed by atoms with Crippen LogP contribution in [0.1, 0.15) is 25.3 Å². The number of hydrogen-bond donors (Lipinski definition) is 1. The van der Waals surface area contributed by atoms with Gasteiger partial charge < -0.3 is 14.7 Å². The highest BCUT2D eigenvalue weighted by Gasteiger charge is 2.38. The Balaban J connectivity index is 2.15. The molecule has 1 fully saturated rings. The Morgan fingerprint density at radius 3 is 2.35 bits per heavy atom. The van der Waals surface area contributed by atoms with Gasteiger partial charge in [-0.25, -0.2) is 4.79 Å². The Morgan fingerprint density at radius 1 is 1.35 bits per heavy atom. The van der Waals surface area contributed by atoms with E-state index in [9.17, 15) is 4.79 Å². The first-order valence-electron chi connectivity index (χ1n) is 6.76. The summed E-state index contributed by atoms with van der Waals surface area (Å²) < 4.78 is 6.86. The minimum Gasteiger partial charge on any atom is -0.465 e. The number of nitrogens with zero attached hydrogens (tertiary/aromatic N) is 1. The zero-order valence-electron chi connectivity index (χ0n) is 11.8. The number of hydrogen-bond acceptors (Lipinski definition) is 2. The molecule has 1 heterocycles. The van der Waals surface area contributed by atoms with Gasteiger partial charge >= 0.3 is 6.09 Å². The van der Waals surface area contributed by atoms with E-state index in [-0.39, 0.29) is 5.60 Å². The lowest BCUT2D eigenvalue weighted by Gasteiger charge is -2.41. The SMILES string of the molecule is COC(C)(c1ccc(Br)cc1)C1CCN(C(=O)O)CC1. The van der Waals surface area contributed by atoms with Crippen LogP contribution in [0.25, 0.3) is 0 Å². The Kier molecular flexibility index (Phi) is 4.70. The van der Waals surface area contributed by atoms with Gasteiger partial charge in [-0.2, -0.15) is 0 Å². The predicted octanol–water partition coefficient (Wildman–Crippen LogP) is 3.70. The summed E-state index contributed by atoms with van der Waals surface area (Å²) in [4.78, 5) is 12.5. The summed E-state index contributed by atoms with van der Waals surface area (Å²) >= 11 is 3.44. The fourth-order valence-corrected chi connectivity index (χ4v) is 3.19. The molecule has 110 valence electrons. The average molecular weight is 342 g/mol. The molecule has 0 bridgehead atoms. The fraction of sp³-hybridized carbons (Fsp3) is 0.533. The summed E-state index contributed by atoms with van der Waals surface area (Å²) in [6, 6.07) is 8.16. The van der Waals surface area contributed by atoms with E-state index in [4.69, 9.17) is 9.84 Å². The molecule has 1 unspecified atom stereocenters. The second-order valence-corrected chi connectivity index (χ2v) is 6.28. The van der Waals surface area contributed by atoms with Gasteiger partial charge in [0.25, 0.3) is 0 Å². The summed E-state index contributed by atoms with van der Waals surface area (Å²) in [6.45, 7) is 3.25. The van der Waals surface area contributed by atoms with E-state index >= 15 is 0 Å². The zero-order valence-corrected chi connectivity index (χ0v) is 13.4. The molecule has 1 amide bonds. The van der Waals surface area contributed by atoms with E-state index in [1.165, 1.54) is 4.90 Å². The molecule has 1 aromatic carbocycles. The number of likely N-dealkylation sites (tertiary alicyclic amines) is 1. The maximum absolute atomic E-state index is 11.0. The molecule has 1 N–H and O–H groups in total. The van der Waals surface area contributed by atoms with Gasteiger partial charge in [0, 0.05) is 24.7 Å². The molecule has 20 heavy (non-hydrogen) atoms. The standard InChI is InChI=1S/C15H20BrNO3/c1-15(20-2,11-3-5-13(16)6-4-11)12-7-9-17(10-8-12)14(18)19/h3-6,12H,7-10H2,1-2H3,(H,18,19). The lowest BCUT2D eigenvalue weighted by atomic mass is 9.77. The van der Waals surface area contributed by atoms with Gasteiger partial charge in [-0.15, -0.1) is 0 Å². The van der Waals surface area contributed by atoms with Crippen molar-refractivity contribution in [1.82, 2.24) is 4.90 Å². The van der Waals surface area contributed by atoms with Crippen LogP contribution in [0.15, 0.2) is 28.7 Å². The van der Waals surface area contributed by atoms with Gasteiger partial charge in [-0.05, 0) is 43.4 Å². The van der Waals surface area contributed by atoms with Crippen LogP contribution in [0.4, 0.5) is 4.79 Å². The second kappa shape index (κ2) is 6.14. The minimum absolute atomic E-state index is 0.323. The van der Waals surface area contributed by atoms with E-state index in [1.807, 2.05) is 12.1 Å². The van der Waals surface area contributed by atoms with Crippen molar-refractivity contribution in [2.24, 2.45) is 5.92 Å². The second-order valence-electron chi connectivity index (χ2n) is 5.36. The first kappa shape index (κ1) is 15.3. The number of benzene rings is 1. The van der Waals surface area contributed by atoms with E-state index < -0.39 is 6.09 Å². The quantitative estimate of drug-likeness (QED) is 0.911. The van der Waals surface area contributed by atoms with Crippen molar-refractivity contribution in [2.75, 3.05) is 20.2 Å². The highest BCUT2D eigenvalue weighted by molar-refractivity contribution is 9.10. The summed E-state index contributed by atoms with van der Waals surface area (Å²) in [7, 11) is 1.73. The Labute approximate surface area is 127 Å². The van der Waals surface area contributed by atoms with Crippen molar-refractivity contribution in [1.29, 1.82) is 0 Å². The maximum Gasteiger partial charge on any atom is 0.407 e. The normalized spacial score (nSPS) is 19.6. The zero-order chi connectivity index (χ0) is 14.8. The van der Waals surface area contributed by atoms with Crippen LogP contribution < -0.4 is 0 Å². The molecule has 1 atom stereocenters. The molecular weight excluding hydrogens is 322 g/mol. The van der Waals surface area contributed by atoms with Crippen molar-refractivity contribution >= 4 is 22.0 Å². The van der Waals surface area contributed by atoms with Gasteiger partial charge in [-0.3, -0.25) is 0 Å². The molecule has 2 rings (SSSR count). The maximum atomic E-state index is 11.0. The minimum atomic E-state index is -0.828. The van der Waals surface area contributed by atoms with Gasteiger partial charge in [0.15, 0.2) is 0 Å². The number of halogens is 1. The molecule has 1 aliphatic heterocycles. The molecule has 0 spiro atoms. The van der Waals surface area contributed by atoms with E-state index in [1.54, 1.807) is 7.11 Å². The van der Waals surface area contributed by atoms with Crippen molar-refractivity contribution in [2.45, 2.75) is 25.4 Å². The summed E-state index contributed by atoms with van der Waals surface area (Å²) in [6.07, 6.45) is 0.825. The van der Waals surface area contributed by atoms with E-state index in [0.717, 1.165) is 22.9 Å². The van der Waals surface area contributed by atoms with Gasteiger partial charge in [0.2, 0.25) is 0 Å². The van der Waals surface area contributed by atoms with Crippen molar-refractivity contribution < 1.29 is 14.6 Å². The Hall–Kier alpha value is -1.07. The summed E-state index contributed by atoms with van der Waals surface area (Å²) in [5, 5.41) is 9.02. The van der Waals surface area contributed by atoms with Crippen LogP contribution in [0.3, 0.4) is 0 Å². The molecule has 0 radical (unpaired) electrons. The Morgan fingerprint density at radius 2 is 1.90 bits per heavy atom. The average Bonchev–Trinajstić information content (AvgIpc) is 2.47. The fourth-order valence-electron chi connectivity index (χ4n) is 2.92. The number of piperidine rings is 1. The number of rotatable bonds is 3. The van der Waals surface area contributed by atoms with E-state index in [0.29, 0.717) is 19.0 Å². The molecule has 0 saturated carbocycles.